The van der Waals surface area contributed by atoms with Crippen LogP contribution in [0.25, 0.3) is 0 Å². The normalized spacial score (nSPS) is 10.2. The van der Waals surface area contributed by atoms with E-state index in [1.54, 1.807) is 37.3 Å². The first-order chi connectivity index (χ1) is 9.47. The van der Waals surface area contributed by atoms with E-state index >= 15 is 0 Å². The first-order valence-electron chi connectivity index (χ1n) is 5.75. The van der Waals surface area contributed by atoms with E-state index in [0.29, 0.717) is 32.1 Å². The summed E-state index contributed by atoms with van der Waals surface area (Å²) in [5.41, 5.74) is 1.72. The van der Waals surface area contributed by atoms with Crippen molar-refractivity contribution in [3.63, 3.8) is 0 Å². The highest BCUT2D eigenvalue weighted by Gasteiger charge is 2.06. The van der Waals surface area contributed by atoms with Crippen molar-refractivity contribution in [2.24, 2.45) is 0 Å². The van der Waals surface area contributed by atoms with Crippen molar-refractivity contribution >= 4 is 51.9 Å². The molecule has 0 atom stereocenters. The number of anilines is 2. The van der Waals surface area contributed by atoms with E-state index in [-0.39, 0.29) is 5.82 Å². The minimum absolute atomic E-state index is 0.293. The minimum atomic E-state index is -0.293. The van der Waals surface area contributed by atoms with E-state index in [9.17, 15) is 4.39 Å². The molecule has 2 nitrogen and oxygen atoms in total. The third kappa shape index (κ3) is 3.60. The lowest BCUT2D eigenvalue weighted by atomic mass is 10.2. The maximum absolute atomic E-state index is 13.4. The first kappa shape index (κ1) is 15.0. The number of hydrogen-bond donors (Lipinski definition) is 2. The van der Waals surface area contributed by atoms with Gasteiger partial charge in [-0.15, -0.1) is 0 Å². The number of thiocarbonyl (C=S) groups is 1. The molecule has 0 fully saturated rings. The van der Waals surface area contributed by atoms with Crippen LogP contribution >= 0.6 is 35.4 Å². The molecule has 0 saturated heterocycles. The van der Waals surface area contributed by atoms with Crippen molar-refractivity contribution in [1.29, 1.82) is 0 Å². The average molecular weight is 329 g/mol. The van der Waals surface area contributed by atoms with Crippen LogP contribution < -0.4 is 10.6 Å². The zero-order valence-electron chi connectivity index (χ0n) is 10.5. The molecule has 0 amide bonds. The zero-order valence-corrected chi connectivity index (χ0v) is 12.8. The Bertz CT molecular complexity index is 662. The maximum atomic E-state index is 13.4. The lowest BCUT2D eigenvalue weighted by Crippen LogP contribution is -2.19. The summed E-state index contributed by atoms with van der Waals surface area (Å²) >= 11 is 17.1. The second-order valence-electron chi connectivity index (χ2n) is 4.14. The quantitative estimate of drug-likeness (QED) is 0.736. The van der Waals surface area contributed by atoms with Gasteiger partial charge in [-0.3, -0.25) is 0 Å². The van der Waals surface area contributed by atoms with E-state index in [1.165, 1.54) is 6.07 Å². The summed E-state index contributed by atoms with van der Waals surface area (Å²) in [6.45, 7) is 1.70. The molecule has 2 N–H and O–H groups in total. The highest BCUT2D eigenvalue weighted by atomic mass is 35.5. The van der Waals surface area contributed by atoms with Gasteiger partial charge in [0.05, 0.1) is 15.7 Å². The topological polar surface area (TPSA) is 24.1 Å². The SMILES string of the molecule is Cc1ccc(NC(=S)Nc2cccc(Cl)c2Cl)cc1F. The van der Waals surface area contributed by atoms with Gasteiger partial charge in [0.15, 0.2) is 5.11 Å². The number of hydrogen-bond acceptors (Lipinski definition) is 1. The van der Waals surface area contributed by atoms with Gasteiger partial charge in [-0.1, -0.05) is 35.3 Å². The largest absolute Gasteiger partial charge is 0.332 e. The Labute approximate surface area is 131 Å². The van der Waals surface area contributed by atoms with E-state index in [2.05, 4.69) is 10.6 Å². The average Bonchev–Trinajstić information content (AvgIpc) is 2.39. The van der Waals surface area contributed by atoms with Crippen LogP contribution in [0.5, 0.6) is 0 Å². The summed E-state index contributed by atoms with van der Waals surface area (Å²) in [4.78, 5) is 0. The Morgan fingerprint density at radius 2 is 1.90 bits per heavy atom. The zero-order chi connectivity index (χ0) is 14.7. The molecule has 6 heteroatoms. The molecule has 20 heavy (non-hydrogen) atoms. The van der Waals surface area contributed by atoms with Crippen LogP contribution in [0, 0.1) is 12.7 Å². The number of halogens is 3. The third-order valence-electron chi connectivity index (χ3n) is 2.63. The molecule has 0 aliphatic rings. The van der Waals surface area contributed by atoms with Crippen LogP contribution in [0.4, 0.5) is 15.8 Å². The van der Waals surface area contributed by atoms with Crippen LogP contribution in [0.15, 0.2) is 36.4 Å². The van der Waals surface area contributed by atoms with Gasteiger partial charge in [0.25, 0.3) is 0 Å². The Morgan fingerprint density at radius 3 is 2.60 bits per heavy atom. The molecule has 0 unspecified atom stereocenters. The molecular weight excluding hydrogens is 318 g/mol. The summed E-state index contributed by atoms with van der Waals surface area (Å²) < 4.78 is 13.4. The fourth-order valence-electron chi connectivity index (χ4n) is 1.56. The molecule has 104 valence electrons. The van der Waals surface area contributed by atoms with Gasteiger partial charge in [0, 0.05) is 5.69 Å². The number of aryl methyl sites for hydroxylation is 1. The van der Waals surface area contributed by atoms with Crippen molar-refractivity contribution in [2.75, 3.05) is 10.6 Å². The molecule has 2 aromatic rings. The van der Waals surface area contributed by atoms with Crippen molar-refractivity contribution in [1.82, 2.24) is 0 Å². The molecule has 0 radical (unpaired) electrons. The van der Waals surface area contributed by atoms with Gasteiger partial charge < -0.3 is 10.6 Å². The summed E-state index contributed by atoms with van der Waals surface area (Å²) in [7, 11) is 0. The smallest absolute Gasteiger partial charge is 0.175 e. The first-order valence-corrected chi connectivity index (χ1v) is 6.92. The Kier molecular flexibility index (Phi) is 4.81. The Morgan fingerprint density at radius 1 is 1.15 bits per heavy atom. The predicted octanol–water partition coefficient (Wildman–Crippen LogP) is 5.25. The van der Waals surface area contributed by atoms with E-state index in [0.717, 1.165) is 0 Å². The molecule has 2 aromatic carbocycles. The van der Waals surface area contributed by atoms with Gasteiger partial charge in [-0.05, 0) is 49.0 Å². The number of benzene rings is 2. The minimum Gasteiger partial charge on any atom is -0.332 e. The van der Waals surface area contributed by atoms with Crippen molar-refractivity contribution in [3.05, 3.63) is 57.8 Å². The summed E-state index contributed by atoms with van der Waals surface area (Å²) in [5.74, 6) is -0.293. The monoisotopic (exact) mass is 328 g/mol. The van der Waals surface area contributed by atoms with Crippen LogP contribution in [0.2, 0.25) is 10.0 Å². The fraction of sp³-hybridized carbons (Fsp3) is 0.0714. The van der Waals surface area contributed by atoms with Crippen LogP contribution in [-0.4, -0.2) is 5.11 Å². The van der Waals surface area contributed by atoms with Crippen LogP contribution in [0.1, 0.15) is 5.56 Å². The molecule has 0 heterocycles. The second kappa shape index (κ2) is 6.39. The van der Waals surface area contributed by atoms with E-state index < -0.39 is 0 Å². The van der Waals surface area contributed by atoms with Crippen LogP contribution in [-0.2, 0) is 0 Å². The number of nitrogens with one attached hydrogen (secondary N) is 2. The standard InChI is InChI=1S/C14H11Cl2FN2S/c1-8-5-6-9(7-11(8)17)18-14(20)19-12-4-2-3-10(15)13(12)16/h2-7H,1H3,(H2,18,19,20). The van der Waals surface area contributed by atoms with Crippen molar-refractivity contribution in [2.45, 2.75) is 6.92 Å². The van der Waals surface area contributed by atoms with Crippen molar-refractivity contribution < 1.29 is 4.39 Å². The predicted molar refractivity (Wildman–Crippen MR) is 87.4 cm³/mol. The Hall–Kier alpha value is -1.36. The van der Waals surface area contributed by atoms with Crippen LogP contribution in [0.3, 0.4) is 0 Å². The van der Waals surface area contributed by atoms with Gasteiger partial charge >= 0.3 is 0 Å². The molecule has 0 aromatic heterocycles. The molecule has 0 spiro atoms. The molecule has 0 bridgehead atoms. The lowest BCUT2D eigenvalue weighted by molar-refractivity contribution is 0.619. The maximum Gasteiger partial charge on any atom is 0.175 e. The van der Waals surface area contributed by atoms with Gasteiger partial charge in [0.1, 0.15) is 5.82 Å². The highest BCUT2D eigenvalue weighted by molar-refractivity contribution is 7.80. The summed E-state index contributed by atoms with van der Waals surface area (Å²) in [5, 5.41) is 6.92. The van der Waals surface area contributed by atoms with Gasteiger partial charge in [-0.2, -0.15) is 0 Å². The summed E-state index contributed by atoms with van der Waals surface area (Å²) in [6, 6.07) is 9.98. The second-order valence-corrected chi connectivity index (χ2v) is 5.34. The summed E-state index contributed by atoms with van der Waals surface area (Å²) in [6.07, 6.45) is 0. The molecular formula is C14H11Cl2FN2S. The molecule has 0 aliphatic heterocycles. The number of rotatable bonds is 2. The van der Waals surface area contributed by atoms with E-state index in [4.69, 9.17) is 35.4 Å². The van der Waals surface area contributed by atoms with Gasteiger partial charge in [-0.25, -0.2) is 4.39 Å². The van der Waals surface area contributed by atoms with Crippen molar-refractivity contribution in [3.8, 4) is 0 Å². The van der Waals surface area contributed by atoms with Gasteiger partial charge in [0.2, 0.25) is 0 Å². The highest BCUT2D eigenvalue weighted by Crippen LogP contribution is 2.29. The van der Waals surface area contributed by atoms with E-state index in [1.807, 2.05) is 0 Å². The lowest BCUT2D eigenvalue weighted by Gasteiger charge is -2.12. The fourth-order valence-corrected chi connectivity index (χ4v) is 2.13. The molecule has 2 rings (SSSR count). The molecule has 0 aliphatic carbocycles. The Balaban J connectivity index is 2.09. The third-order valence-corrected chi connectivity index (χ3v) is 3.65. The molecule has 0 saturated carbocycles.